The lowest BCUT2D eigenvalue weighted by Crippen LogP contribution is -2.04. The molecule has 0 saturated carbocycles. The van der Waals surface area contributed by atoms with Crippen molar-refractivity contribution in [2.45, 2.75) is 46.5 Å². The molecule has 1 aromatic rings. The van der Waals surface area contributed by atoms with Crippen molar-refractivity contribution in [2.75, 3.05) is 23.7 Å². The Hall–Kier alpha value is -1.18. The second-order valence-electron chi connectivity index (χ2n) is 4.59. The number of anilines is 2. The van der Waals surface area contributed by atoms with E-state index in [0.717, 1.165) is 13.1 Å². The quantitative estimate of drug-likeness (QED) is 0.651. The van der Waals surface area contributed by atoms with Crippen LogP contribution in [0.3, 0.4) is 0 Å². The second-order valence-corrected chi connectivity index (χ2v) is 4.59. The van der Waals surface area contributed by atoms with Crippen LogP contribution in [0.4, 0.5) is 11.4 Å². The first-order valence-corrected chi connectivity index (χ1v) is 6.86. The van der Waals surface area contributed by atoms with Gasteiger partial charge < -0.3 is 10.6 Å². The third-order valence-electron chi connectivity index (χ3n) is 2.93. The number of aryl methyl sites for hydroxylation is 1. The minimum absolute atomic E-state index is 1.07. The Labute approximate surface area is 106 Å². The first-order valence-electron chi connectivity index (χ1n) is 6.86. The van der Waals surface area contributed by atoms with Crippen LogP contribution in [0, 0.1) is 6.92 Å². The molecule has 0 atom stereocenters. The van der Waals surface area contributed by atoms with Crippen LogP contribution in [0.25, 0.3) is 0 Å². The van der Waals surface area contributed by atoms with E-state index in [2.05, 4.69) is 49.6 Å². The van der Waals surface area contributed by atoms with Crippen molar-refractivity contribution >= 4 is 11.4 Å². The molecular weight excluding hydrogens is 208 g/mol. The molecule has 0 radical (unpaired) electrons. The molecule has 0 heterocycles. The van der Waals surface area contributed by atoms with E-state index in [4.69, 9.17) is 0 Å². The summed E-state index contributed by atoms with van der Waals surface area (Å²) in [5.41, 5.74) is 3.82. The van der Waals surface area contributed by atoms with E-state index in [9.17, 15) is 0 Å². The van der Waals surface area contributed by atoms with Crippen LogP contribution in [-0.4, -0.2) is 13.1 Å². The first kappa shape index (κ1) is 13.9. The molecule has 0 fully saturated rings. The monoisotopic (exact) mass is 234 g/mol. The highest BCUT2D eigenvalue weighted by Crippen LogP contribution is 2.19. The number of unbranched alkanes of at least 4 members (excludes halogenated alkanes) is 2. The molecule has 0 aliphatic heterocycles. The van der Waals surface area contributed by atoms with E-state index < -0.39 is 0 Å². The van der Waals surface area contributed by atoms with Crippen molar-refractivity contribution < 1.29 is 0 Å². The molecular formula is C15H26N2. The topological polar surface area (TPSA) is 24.1 Å². The van der Waals surface area contributed by atoms with Crippen LogP contribution in [0.1, 0.15) is 45.1 Å². The van der Waals surface area contributed by atoms with E-state index in [1.165, 1.54) is 42.6 Å². The van der Waals surface area contributed by atoms with Gasteiger partial charge in [-0.3, -0.25) is 0 Å². The van der Waals surface area contributed by atoms with Crippen LogP contribution in [-0.2, 0) is 0 Å². The predicted molar refractivity (Wildman–Crippen MR) is 78.0 cm³/mol. The maximum Gasteiger partial charge on any atom is 0.0371 e. The molecule has 0 unspecified atom stereocenters. The fourth-order valence-electron chi connectivity index (χ4n) is 1.78. The molecule has 0 aliphatic rings. The molecule has 2 nitrogen and oxygen atoms in total. The largest absolute Gasteiger partial charge is 0.385 e. The van der Waals surface area contributed by atoms with Gasteiger partial charge in [-0.15, -0.1) is 0 Å². The highest BCUT2D eigenvalue weighted by atomic mass is 14.9. The number of nitrogens with one attached hydrogen (secondary N) is 2. The molecule has 2 N–H and O–H groups in total. The van der Waals surface area contributed by atoms with Gasteiger partial charge in [0.05, 0.1) is 0 Å². The Kier molecular flexibility index (Phi) is 6.53. The van der Waals surface area contributed by atoms with E-state index >= 15 is 0 Å². The van der Waals surface area contributed by atoms with Gasteiger partial charge in [-0.25, -0.2) is 0 Å². The third-order valence-corrected chi connectivity index (χ3v) is 2.93. The zero-order chi connectivity index (χ0) is 12.5. The highest BCUT2D eigenvalue weighted by Gasteiger charge is 1.99. The molecule has 0 bridgehead atoms. The molecule has 1 rings (SSSR count). The zero-order valence-electron chi connectivity index (χ0n) is 11.5. The molecule has 1 aromatic carbocycles. The normalized spacial score (nSPS) is 10.3. The SMILES string of the molecule is CCCCNc1ccc(NCCCC)c(C)c1. The lowest BCUT2D eigenvalue weighted by atomic mass is 10.1. The lowest BCUT2D eigenvalue weighted by molar-refractivity contribution is 0.832. The number of rotatable bonds is 8. The summed E-state index contributed by atoms with van der Waals surface area (Å²) in [6.07, 6.45) is 4.94. The van der Waals surface area contributed by atoms with E-state index in [1.807, 2.05) is 0 Å². The fourth-order valence-corrected chi connectivity index (χ4v) is 1.78. The van der Waals surface area contributed by atoms with Crippen molar-refractivity contribution in [1.29, 1.82) is 0 Å². The van der Waals surface area contributed by atoms with Crippen LogP contribution >= 0.6 is 0 Å². The second kappa shape index (κ2) is 7.99. The number of hydrogen-bond acceptors (Lipinski definition) is 2. The summed E-state index contributed by atoms with van der Waals surface area (Å²) >= 11 is 0. The van der Waals surface area contributed by atoms with Crippen LogP contribution in [0.15, 0.2) is 18.2 Å². The van der Waals surface area contributed by atoms with Crippen molar-refractivity contribution in [3.05, 3.63) is 23.8 Å². The Morgan fingerprint density at radius 1 is 0.941 bits per heavy atom. The minimum Gasteiger partial charge on any atom is -0.385 e. The highest BCUT2D eigenvalue weighted by molar-refractivity contribution is 5.59. The Morgan fingerprint density at radius 2 is 1.59 bits per heavy atom. The molecule has 0 saturated heterocycles. The van der Waals surface area contributed by atoms with Gasteiger partial charge in [-0.05, 0) is 43.5 Å². The zero-order valence-corrected chi connectivity index (χ0v) is 11.5. The summed E-state index contributed by atoms with van der Waals surface area (Å²) in [5.74, 6) is 0. The number of hydrogen-bond donors (Lipinski definition) is 2. The molecule has 0 aliphatic carbocycles. The molecule has 0 spiro atoms. The average Bonchev–Trinajstić information content (AvgIpc) is 2.32. The van der Waals surface area contributed by atoms with Gasteiger partial charge >= 0.3 is 0 Å². The standard InChI is InChI=1S/C15H26N2/c1-4-6-10-16-14-8-9-15(13(3)12-14)17-11-7-5-2/h8-9,12,16-17H,4-7,10-11H2,1-3H3. The van der Waals surface area contributed by atoms with Crippen molar-refractivity contribution in [3.8, 4) is 0 Å². The third kappa shape index (κ3) is 5.12. The average molecular weight is 234 g/mol. The minimum atomic E-state index is 1.07. The molecule has 0 amide bonds. The van der Waals surface area contributed by atoms with Crippen LogP contribution in [0.5, 0.6) is 0 Å². The predicted octanol–water partition coefficient (Wildman–Crippen LogP) is 4.42. The van der Waals surface area contributed by atoms with E-state index in [1.54, 1.807) is 0 Å². The smallest absolute Gasteiger partial charge is 0.0371 e. The fraction of sp³-hybridized carbons (Fsp3) is 0.600. The van der Waals surface area contributed by atoms with Gasteiger partial charge in [0.25, 0.3) is 0 Å². The molecule has 0 aromatic heterocycles. The summed E-state index contributed by atoms with van der Waals surface area (Å²) in [6.45, 7) is 8.74. The van der Waals surface area contributed by atoms with Gasteiger partial charge in [-0.1, -0.05) is 26.7 Å². The van der Waals surface area contributed by atoms with Gasteiger partial charge in [0.15, 0.2) is 0 Å². The van der Waals surface area contributed by atoms with Gasteiger partial charge in [0, 0.05) is 24.5 Å². The molecule has 2 heteroatoms. The van der Waals surface area contributed by atoms with E-state index in [-0.39, 0.29) is 0 Å². The van der Waals surface area contributed by atoms with E-state index in [0.29, 0.717) is 0 Å². The number of benzene rings is 1. The van der Waals surface area contributed by atoms with Gasteiger partial charge in [-0.2, -0.15) is 0 Å². The van der Waals surface area contributed by atoms with Gasteiger partial charge in [0.2, 0.25) is 0 Å². The Morgan fingerprint density at radius 3 is 2.18 bits per heavy atom. The summed E-state index contributed by atoms with van der Waals surface area (Å²) in [7, 11) is 0. The Bertz CT molecular complexity index is 321. The maximum atomic E-state index is 3.48. The lowest BCUT2D eigenvalue weighted by Gasteiger charge is -2.12. The maximum absolute atomic E-state index is 3.48. The summed E-state index contributed by atoms with van der Waals surface area (Å²) in [6, 6.07) is 6.57. The van der Waals surface area contributed by atoms with Crippen molar-refractivity contribution in [1.82, 2.24) is 0 Å². The summed E-state index contributed by atoms with van der Waals surface area (Å²) < 4.78 is 0. The summed E-state index contributed by atoms with van der Waals surface area (Å²) in [4.78, 5) is 0. The molecule has 96 valence electrons. The Balaban J connectivity index is 2.47. The molecule has 17 heavy (non-hydrogen) atoms. The van der Waals surface area contributed by atoms with Crippen LogP contribution < -0.4 is 10.6 Å². The van der Waals surface area contributed by atoms with Crippen LogP contribution in [0.2, 0.25) is 0 Å². The van der Waals surface area contributed by atoms with Gasteiger partial charge in [0.1, 0.15) is 0 Å². The van der Waals surface area contributed by atoms with Crippen molar-refractivity contribution in [3.63, 3.8) is 0 Å². The first-order chi connectivity index (χ1) is 8.27. The summed E-state index contributed by atoms with van der Waals surface area (Å²) in [5, 5.41) is 6.93. The van der Waals surface area contributed by atoms with Crippen molar-refractivity contribution in [2.24, 2.45) is 0 Å².